The fourth-order valence-electron chi connectivity index (χ4n) is 4.33. The molecule has 1 aromatic heterocycles. The highest BCUT2D eigenvalue weighted by Crippen LogP contribution is 2.36. The van der Waals surface area contributed by atoms with Gasteiger partial charge in [-0.2, -0.15) is 0 Å². The monoisotopic (exact) mass is 572 g/mol. The lowest BCUT2D eigenvalue weighted by Gasteiger charge is -2.42. The van der Waals surface area contributed by atoms with Crippen molar-refractivity contribution in [2.24, 2.45) is 0 Å². The molecule has 1 aliphatic rings. The van der Waals surface area contributed by atoms with Gasteiger partial charge in [0.25, 0.3) is 0 Å². The number of aromatic hydroxyl groups is 1. The van der Waals surface area contributed by atoms with Crippen molar-refractivity contribution in [2.45, 2.75) is 51.5 Å². The van der Waals surface area contributed by atoms with Crippen LogP contribution in [0.2, 0.25) is 0 Å². The van der Waals surface area contributed by atoms with E-state index in [1.807, 2.05) is 0 Å². The summed E-state index contributed by atoms with van der Waals surface area (Å²) in [6.45, 7) is 2.96. The van der Waals surface area contributed by atoms with E-state index in [4.69, 9.17) is 32.8 Å². The Balaban J connectivity index is 1.72. The Labute approximate surface area is 233 Å². The number of phenols is 1. The molecule has 218 valence electrons. The van der Waals surface area contributed by atoms with Crippen LogP contribution in [-0.4, -0.2) is 72.5 Å². The van der Waals surface area contributed by atoms with Crippen LogP contribution in [0.15, 0.2) is 51.9 Å². The molecule has 5 atom stereocenters. The minimum atomic E-state index is -1.64. The predicted octanol–water partition coefficient (Wildman–Crippen LogP) is 2.07. The topological polar surface area (TPSA) is 177 Å². The smallest absolute Gasteiger partial charge is 0.303 e. The largest absolute Gasteiger partial charge is 0.508 e. The van der Waals surface area contributed by atoms with Gasteiger partial charge >= 0.3 is 17.9 Å². The predicted molar refractivity (Wildman–Crippen MR) is 139 cm³/mol. The maximum atomic E-state index is 13.3. The Morgan fingerprint density at radius 3 is 2.20 bits per heavy atom. The Morgan fingerprint density at radius 1 is 0.927 bits per heavy atom. The Bertz CT molecular complexity index is 1490. The Hall–Kier alpha value is -4.62. The Kier molecular flexibility index (Phi) is 8.79. The zero-order chi connectivity index (χ0) is 29.8. The molecule has 1 fully saturated rings. The SMILES string of the molecule is COc1cc2c(=O)c(-c3ccc(O)cc3)coc2cc1OC1OC(COC(C)=O)C(OC(C)=O)C(O)C1OC(C)=O. The minimum Gasteiger partial charge on any atom is -0.508 e. The average molecular weight is 573 g/mol. The maximum Gasteiger partial charge on any atom is 0.303 e. The first-order valence-electron chi connectivity index (χ1n) is 12.4. The van der Waals surface area contributed by atoms with Gasteiger partial charge in [0.15, 0.2) is 23.7 Å². The lowest BCUT2D eigenvalue weighted by molar-refractivity contribution is -0.285. The summed E-state index contributed by atoms with van der Waals surface area (Å²) in [5.74, 6) is -2.09. The third-order valence-electron chi connectivity index (χ3n) is 6.15. The number of aliphatic hydroxyl groups excluding tert-OH is 1. The van der Waals surface area contributed by atoms with Gasteiger partial charge in [-0.05, 0) is 23.8 Å². The highest BCUT2D eigenvalue weighted by atomic mass is 16.7. The van der Waals surface area contributed by atoms with E-state index in [1.54, 1.807) is 12.1 Å². The molecule has 1 aliphatic heterocycles. The molecule has 0 bridgehead atoms. The molecule has 2 aromatic carbocycles. The lowest BCUT2D eigenvalue weighted by Crippen LogP contribution is -2.62. The Morgan fingerprint density at radius 2 is 1.59 bits per heavy atom. The van der Waals surface area contributed by atoms with Crippen LogP contribution >= 0.6 is 0 Å². The van der Waals surface area contributed by atoms with Gasteiger partial charge in [-0.3, -0.25) is 19.2 Å². The van der Waals surface area contributed by atoms with Gasteiger partial charge in [-0.15, -0.1) is 0 Å². The van der Waals surface area contributed by atoms with Gasteiger partial charge in [-0.1, -0.05) is 12.1 Å². The summed E-state index contributed by atoms with van der Waals surface area (Å²) in [5.41, 5.74) is 0.497. The normalized spacial score (nSPS) is 22.0. The van der Waals surface area contributed by atoms with Gasteiger partial charge in [0.05, 0.1) is 18.1 Å². The highest BCUT2D eigenvalue weighted by Gasteiger charge is 2.51. The summed E-state index contributed by atoms with van der Waals surface area (Å²) < 4.78 is 38.4. The number of ether oxygens (including phenoxy) is 6. The second kappa shape index (κ2) is 12.3. The number of hydrogen-bond donors (Lipinski definition) is 2. The molecular formula is C28H28O13. The van der Waals surface area contributed by atoms with Gasteiger partial charge in [0, 0.05) is 26.8 Å². The first-order chi connectivity index (χ1) is 19.5. The number of carbonyl (C=O) groups excluding carboxylic acids is 3. The van der Waals surface area contributed by atoms with E-state index >= 15 is 0 Å². The fourth-order valence-corrected chi connectivity index (χ4v) is 4.33. The first kappa shape index (κ1) is 29.4. The number of carbonyl (C=O) groups is 3. The quantitative estimate of drug-likeness (QED) is 0.296. The van der Waals surface area contributed by atoms with Crippen LogP contribution < -0.4 is 14.9 Å². The van der Waals surface area contributed by atoms with Crippen LogP contribution in [0.4, 0.5) is 0 Å². The van der Waals surface area contributed by atoms with Crippen molar-refractivity contribution in [3.63, 3.8) is 0 Å². The molecule has 41 heavy (non-hydrogen) atoms. The van der Waals surface area contributed by atoms with Crippen molar-refractivity contribution in [3.8, 4) is 28.4 Å². The van der Waals surface area contributed by atoms with Crippen LogP contribution in [0, 0.1) is 0 Å². The molecule has 1 saturated heterocycles. The second-order valence-electron chi connectivity index (χ2n) is 9.13. The summed E-state index contributed by atoms with van der Waals surface area (Å²) >= 11 is 0. The van der Waals surface area contributed by atoms with Crippen molar-refractivity contribution in [1.82, 2.24) is 0 Å². The summed E-state index contributed by atoms with van der Waals surface area (Å²) in [6, 6.07) is 8.76. The molecule has 13 heteroatoms. The van der Waals surface area contributed by atoms with Gasteiger partial charge in [-0.25, -0.2) is 0 Å². The first-order valence-corrected chi connectivity index (χ1v) is 12.4. The third kappa shape index (κ3) is 6.58. The number of aliphatic hydroxyl groups is 1. The number of phenolic OH excluding ortho intramolecular Hbond substituents is 1. The van der Waals surface area contributed by atoms with E-state index in [-0.39, 0.29) is 39.2 Å². The van der Waals surface area contributed by atoms with E-state index in [9.17, 15) is 29.4 Å². The summed E-state index contributed by atoms with van der Waals surface area (Å²) in [5, 5.41) is 20.8. The average Bonchev–Trinajstić information content (AvgIpc) is 2.91. The lowest BCUT2D eigenvalue weighted by atomic mass is 9.98. The van der Waals surface area contributed by atoms with E-state index in [0.717, 1.165) is 20.8 Å². The summed E-state index contributed by atoms with van der Waals surface area (Å²) in [7, 11) is 1.33. The van der Waals surface area contributed by atoms with E-state index < -0.39 is 55.2 Å². The van der Waals surface area contributed by atoms with Crippen molar-refractivity contribution in [3.05, 3.63) is 52.9 Å². The highest BCUT2D eigenvalue weighted by molar-refractivity contribution is 5.84. The van der Waals surface area contributed by atoms with Crippen molar-refractivity contribution in [2.75, 3.05) is 13.7 Å². The molecule has 0 radical (unpaired) electrons. The van der Waals surface area contributed by atoms with Crippen LogP contribution in [0.25, 0.3) is 22.1 Å². The number of methoxy groups -OCH3 is 1. The number of hydrogen-bond acceptors (Lipinski definition) is 13. The van der Waals surface area contributed by atoms with E-state index in [1.165, 1.54) is 37.6 Å². The second-order valence-corrected chi connectivity index (χ2v) is 9.13. The summed E-state index contributed by atoms with van der Waals surface area (Å²) in [6.07, 6.45) is -5.95. The molecule has 13 nitrogen and oxygen atoms in total. The van der Waals surface area contributed by atoms with Gasteiger partial charge in [0.2, 0.25) is 11.7 Å². The number of esters is 3. The fraction of sp³-hybridized carbons (Fsp3) is 0.357. The van der Waals surface area contributed by atoms with Crippen LogP contribution in [-0.2, 0) is 33.3 Å². The van der Waals surface area contributed by atoms with E-state index in [2.05, 4.69) is 0 Å². The third-order valence-corrected chi connectivity index (χ3v) is 6.15. The zero-order valence-electron chi connectivity index (χ0n) is 22.5. The number of fused-ring (bicyclic) bond motifs is 1. The molecule has 0 saturated carbocycles. The van der Waals surface area contributed by atoms with Crippen molar-refractivity contribution < 1.29 is 57.4 Å². The molecule has 2 N–H and O–H groups in total. The standard InChI is InChI=1S/C28H28O13/c1-13(29)36-12-23-26(38-14(2)30)25(34)27(39-15(3)31)28(41-23)40-22-10-20-18(9-21(22)35-4)24(33)19(11-37-20)16-5-7-17(32)8-6-16/h5-11,23,25-28,32,34H,12H2,1-4H3. The van der Waals surface area contributed by atoms with Crippen LogP contribution in [0.5, 0.6) is 17.2 Å². The molecule has 3 aromatic rings. The van der Waals surface area contributed by atoms with Crippen LogP contribution in [0.3, 0.4) is 0 Å². The number of rotatable bonds is 8. The van der Waals surface area contributed by atoms with Crippen molar-refractivity contribution >= 4 is 28.9 Å². The molecule has 2 heterocycles. The molecular weight excluding hydrogens is 544 g/mol. The molecule has 0 spiro atoms. The van der Waals surface area contributed by atoms with Gasteiger partial charge in [0.1, 0.15) is 36.4 Å². The molecule has 0 aliphatic carbocycles. The molecule has 4 rings (SSSR count). The number of benzene rings is 2. The van der Waals surface area contributed by atoms with Crippen molar-refractivity contribution in [1.29, 1.82) is 0 Å². The van der Waals surface area contributed by atoms with Crippen LogP contribution in [0.1, 0.15) is 20.8 Å². The van der Waals surface area contributed by atoms with Gasteiger partial charge < -0.3 is 43.1 Å². The van der Waals surface area contributed by atoms with E-state index in [0.29, 0.717) is 5.56 Å². The zero-order valence-corrected chi connectivity index (χ0v) is 22.5. The maximum absolute atomic E-state index is 13.3. The molecule has 5 unspecified atom stereocenters. The molecule has 0 amide bonds. The minimum absolute atomic E-state index is 0.00735. The summed E-state index contributed by atoms with van der Waals surface area (Å²) in [4.78, 5) is 48.3.